The van der Waals surface area contributed by atoms with Crippen LogP contribution < -0.4 is 0 Å². The van der Waals surface area contributed by atoms with Gasteiger partial charge in [0.2, 0.25) is 0 Å². The molecule has 0 bridgehead atoms. The first kappa shape index (κ1) is 7.29. The van der Waals surface area contributed by atoms with Crippen molar-refractivity contribution < 1.29 is 4.79 Å². The topological polar surface area (TPSA) is 20.3 Å². The van der Waals surface area contributed by atoms with Gasteiger partial charge in [-0.15, -0.1) is 0 Å². The number of carbonyl (C=O) groups excluding carboxylic acids is 1. The summed E-state index contributed by atoms with van der Waals surface area (Å²) in [5, 5.41) is 0. The molecule has 2 nitrogen and oxygen atoms in total. The summed E-state index contributed by atoms with van der Waals surface area (Å²) in [4.78, 5) is 13.4. The number of carbonyl (C=O) groups is 1. The summed E-state index contributed by atoms with van der Waals surface area (Å²) < 4.78 is 0. The van der Waals surface area contributed by atoms with Gasteiger partial charge in [0.05, 0.1) is 6.54 Å². The van der Waals surface area contributed by atoms with E-state index < -0.39 is 0 Å². The summed E-state index contributed by atoms with van der Waals surface area (Å²) in [7, 11) is 0. The molecule has 0 N–H and O–H groups in total. The monoisotopic (exact) mass is 153 g/mol. The van der Waals surface area contributed by atoms with Crippen molar-refractivity contribution in [2.24, 2.45) is 0 Å². The lowest BCUT2D eigenvalue weighted by molar-refractivity contribution is -0.123. The molecule has 0 aromatic heterocycles. The van der Waals surface area contributed by atoms with Gasteiger partial charge in [0.1, 0.15) is 5.78 Å². The van der Waals surface area contributed by atoms with E-state index in [0.717, 1.165) is 32.0 Å². The smallest absolute Gasteiger partial charge is 0.146 e. The van der Waals surface area contributed by atoms with Crippen LogP contribution in [0.4, 0.5) is 0 Å². The van der Waals surface area contributed by atoms with Crippen LogP contribution in [0.1, 0.15) is 32.1 Å². The molecule has 0 amide bonds. The second-order valence-corrected chi connectivity index (χ2v) is 3.70. The molecule has 1 aliphatic carbocycles. The summed E-state index contributed by atoms with van der Waals surface area (Å²) in [6.45, 7) is 1.90. The van der Waals surface area contributed by atoms with E-state index in [1.165, 1.54) is 19.3 Å². The van der Waals surface area contributed by atoms with Crippen molar-refractivity contribution in [3.63, 3.8) is 0 Å². The maximum Gasteiger partial charge on any atom is 0.146 e. The van der Waals surface area contributed by atoms with Crippen LogP contribution in [-0.4, -0.2) is 29.8 Å². The van der Waals surface area contributed by atoms with Crippen molar-refractivity contribution in [1.82, 2.24) is 4.90 Å². The number of ketones is 1. The van der Waals surface area contributed by atoms with Crippen molar-refractivity contribution in [3.05, 3.63) is 0 Å². The third-order valence-electron chi connectivity index (χ3n) is 2.87. The number of Topliss-reactive ketones (excluding diaryl/α,β-unsaturated/α-hetero) is 1. The summed E-state index contributed by atoms with van der Waals surface area (Å²) in [6, 6.07) is 0.763. The Morgan fingerprint density at radius 3 is 2.64 bits per heavy atom. The molecule has 11 heavy (non-hydrogen) atoms. The molecule has 0 atom stereocenters. The molecule has 0 radical (unpaired) electrons. The van der Waals surface area contributed by atoms with E-state index in [2.05, 4.69) is 4.90 Å². The minimum Gasteiger partial charge on any atom is -0.298 e. The molecule has 2 rings (SSSR count). The van der Waals surface area contributed by atoms with Crippen LogP contribution in [0.2, 0.25) is 0 Å². The molecular formula is C9H15NO. The highest BCUT2D eigenvalue weighted by atomic mass is 16.1. The SMILES string of the molecule is O=C1CCCN(C2CCC2)C1. The van der Waals surface area contributed by atoms with Gasteiger partial charge in [-0.2, -0.15) is 0 Å². The molecule has 1 heterocycles. The third kappa shape index (κ3) is 1.45. The Morgan fingerprint density at radius 2 is 2.09 bits per heavy atom. The number of piperidine rings is 1. The second kappa shape index (κ2) is 2.94. The van der Waals surface area contributed by atoms with E-state index in [0.29, 0.717) is 5.78 Å². The van der Waals surface area contributed by atoms with Crippen LogP contribution in [0.25, 0.3) is 0 Å². The standard InChI is InChI=1S/C9H15NO/c11-9-5-2-6-10(7-9)8-3-1-4-8/h8H,1-7H2. The first-order valence-electron chi connectivity index (χ1n) is 4.62. The Hall–Kier alpha value is -0.370. The summed E-state index contributed by atoms with van der Waals surface area (Å²) in [5.74, 6) is 0.447. The number of rotatable bonds is 1. The summed E-state index contributed by atoms with van der Waals surface area (Å²) in [6.07, 6.45) is 5.94. The average Bonchev–Trinajstić information content (AvgIpc) is 1.83. The Kier molecular flexibility index (Phi) is 1.95. The van der Waals surface area contributed by atoms with Gasteiger partial charge >= 0.3 is 0 Å². The van der Waals surface area contributed by atoms with E-state index in [1.54, 1.807) is 0 Å². The van der Waals surface area contributed by atoms with Crippen LogP contribution in [-0.2, 0) is 4.79 Å². The maximum atomic E-state index is 11.1. The number of likely N-dealkylation sites (tertiary alicyclic amines) is 1. The molecule has 62 valence electrons. The predicted molar refractivity (Wildman–Crippen MR) is 43.5 cm³/mol. The number of hydrogen-bond acceptors (Lipinski definition) is 2. The Morgan fingerprint density at radius 1 is 1.27 bits per heavy atom. The average molecular weight is 153 g/mol. The highest BCUT2D eigenvalue weighted by Crippen LogP contribution is 2.26. The summed E-state index contributed by atoms with van der Waals surface area (Å²) >= 11 is 0. The van der Waals surface area contributed by atoms with E-state index in [1.807, 2.05) is 0 Å². The molecule has 1 aliphatic heterocycles. The lowest BCUT2D eigenvalue weighted by atomic mass is 9.90. The highest BCUT2D eigenvalue weighted by Gasteiger charge is 2.28. The summed E-state index contributed by atoms with van der Waals surface area (Å²) in [5.41, 5.74) is 0. The fourth-order valence-electron chi connectivity index (χ4n) is 1.93. The molecule has 0 unspecified atom stereocenters. The van der Waals surface area contributed by atoms with Crippen molar-refractivity contribution in [2.45, 2.75) is 38.1 Å². The van der Waals surface area contributed by atoms with Crippen molar-refractivity contribution in [3.8, 4) is 0 Å². The van der Waals surface area contributed by atoms with Crippen LogP contribution in [0.3, 0.4) is 0 Å². The van der Waals surface area contributed by atoms with Crippen LogP contribution in [0.5, 0.6) is 0 Å². The van der Waals surface area contributed by atoms with Gasteiger partial charge < -0.3 is 0 Å². The fourth-order valence-corrected chi connectivity index (χ4v) is 1.93. The quantitative estimate of drug-likeness (QED) is 0.564. The largest absolute Gasteiger partial charge is 0.298 e. The predicted octanol–water partition coefficient (Wildman–Crippen LogP) is 1.20. The molecule has 1 saturated heterocycles. The normalized spacial score (nSPS) is 28.5. The minimum atomic E-state index is 0.447. The van der Waals surface area contributed by atoms with Crippen LogP contribution >= 0.6 is 0 Å². The van der Waals surface area contributed by atoms with Gasteiger partial charge in [-0.1, -0.05) is 6.42 Å². The zero-order valence-electron chi connectivity index (χ0n) is 6.88. The Balaban J connectivity index is 1.87. The van der Waals surface area contributed by atoms with Gasteiger partial charge in [0.25, 0.3) is 0 Å². The van der Waals surface area contributed by atoms with Gasteiger partial charge in [-0.25, -0.2) is 0 Å². The molecule has 2 fully saturated rings. The molecule has 0 spiro atoms. The zero-order chi connectivity index (χ0) is 7.68. The molecule has 2 heteroatoms. The maximum absolute atomic E-state index is 11.1. The van der Waals surface area contributed by atoms with Crippen molar-refractivity contribution >= 4 is 5.78 Å². The first-order valence-corrected chi connectivity index (χ1v) is 4.62. The second-order valence-electron chi connectivity index (χ2n) is 3.70. The zero-order valence-corrected chi connectivity index (χ0v) is 6.88. The molecule has 1 saturated carbocycles. The molecule has 0 aromatic rings. The first-order chi connectivity index (χ1) is 5.36. The number of nitrogens with zero attached hydrogens (tertiary/aromatic N) is 1. The van der Waals surface area contributed by atoms with Crippen molar-refractivity contribution in [2.75, 3.05) is 13.1 Å². The Labute approximate surface area is 67.6 Å². The molecular weight excluding hydrogens is 138 g/mol. The molecule has 2 aliphatic rings. The minimum absolute atomic E-state index is 0.447. The van der Waals surface area contributed by atoms with Crippen LogP contribution in [0, 0.1) is 0 Å². The van der Waals surface area contributed by atoms with Gasteiger partial charge in [-0.3, -0.25) is 9.69 Å². The van der Waals surface area contributed by atoms with Gasteiger partial charge in [0, 0.05) is 12.5 Å². The van der Waals surface area contributed by atoms with Crippen LogP contribution in [0.15, 0.2) is 0 Å². The van der Waals surface area contributed by atoms with Gasteiger partial charge in [-0.05, 0) is 25.8 Å². The third-order valence-corrected chi connectivity index (χ3v) is 2.87. The molecule has 0 aromatic carbocycles. The lowest BCUT2D eigenvalue weighted by Crippen LogP contribution is -2.46. The van der Waals surface area contributed by atoms with E-state index in [4.69, 9.17) is 0 Å². The number of hydrogen-bond donors (Lipinski definition) is 0. The van der Waals surface area contributed by atoms with E-state index >= 15 is 0 Å². The van der Waals surface area contributed by atoms with E-state index in [9.17, 15) is 4.79 Å². The fraction of sp³-hybridized carbons (Fsp3) is 0.889. The van der Waals surface area contributed by atoms with Crippen molar-refractivity contribution in [1.29, 1.82) is 0 Å². The Bertz CT molecular complexity index is 163. The lowest BCUT2D eigenvalue weighted by Gasteiger charge is -2.39. The highest BCUT2D eigenvalue weighted by molar-refractivity contribution is 5.81. The van der Waals surface area contributed by atoms with E-state index in [-0.39, 0.29) is 0 Å². The van der Waals surface area contributed by atoms with Gasteiger partial charge in [0.15, 0.2) is 0 Å².